The first-order valence-electron chi connectivity index (χ1n) is 6.27. The molecule has 0 aliphatic carbocycles. The van der Waals surface area contributed by atoms with Gasteiger partial charge in [0.15, 0.2) is 0 Å². The van der Waals surface area contributed by atoms with E-state index in [1.165, 1.54) is 11.1 Å². The van der Waals surface area contributed by atoms with Gasteiger partial charge in [-0.15, -0.1) is 0 Å². The van der Waals surface area contributed by atoms with E-state index in [9.17, 15) is 9.59 Å². The van der Waals surface area contributed by atoms with E-state index in [0.29, 0.717) is 16.9 Å². The Hall–Kier alpha value is -2.69. The van der Waals surface area contributed by atoms with Crippen LogP contribution in [0.25, 0.3) is 0 Å². The van der Waals surface area contributed by atoms with E-state index in [1.54, 1.807) is 18.3 Å². The second-order valence-electron chi connectivity index (χ2n) is 4.71. The maximum atomic E-state index is 12.6. The molecule has 5 heteroatoms. The molecule has 2 aromatic rings. The smallest absolute Gasteiger partial charge is 0.260 e. The average Bonchev–Trinajstić information content (AvgIpc) is 2.45. The standard InChI is InChI=1S/C15H13N3O2/c1-10-6-11(8-16-7-10)15(20)18-9-14(19)17-12-4-2-3-5-13(12)18/h2-8H,9H2,1H3,(H,17,19). The van der Waals surface area contributed by atoms with Gasteiger partial charge in [-0.05, 0) is 30.7 Å². The largest absolute Gasteiger partial charge is 0.323 e. The maximum absolute atomic E-state index is 12.6. The van der Waals surface area contributed by atoms with E-state index in [0.717, 1.165) is 5.56 Å². The van der Waals surface area contributed by atoms with E-state index < -0.39 is 0 Å². The number of hydrogen-bond donors (Lipinski definition) is 1. The number of para-hydroxylation sites is 2. The molecular weight excluding hydrogens is 254 g/mol. The van der Waals surface area contributed by atoms with Gasteiger partial charge in [-0.1, -0.05) is 12.1 Å². The predicted octanol–water partition coefficient (Wildman–Crippen LogP) is 1.99. The molecule has 1 aromatic heterocycles. The van der Waals surface area contributed by atoms with Crippen molar-refractivity contribution < 1.29 is 9.59 Å². The summed E-state index contributed by atoms with van der Waals surface area (Å²) in [6.45, 7) is 1.89. The number of hydrogen-bond acceptors (Lipinski definition) is 3. The Bertz CT molecular complexity index is 697. The normalized spacial score (nSPS) is 13.7. The van der Waals surface area contributed by atoms with Gasteiger partial charge in [-0.2, -0.15) is 0 Å². The number of benzene rings is 1. The quantitative estimate of drug-likeness (QED) is 0.859. The van der Waals surface area contributed by atoms with Crippen LogP contribution in [0.3, 0.4) is 0 Å². The zero-order valence-corrected chi connectivity index (χ0v) is 11.0. The summed E-state index contributed by atoms with van der Waals surface area (Å²) in [5.41, 5.74) is 2.75. The summed E-state index contributed by atoms with van der Waals surface area (Å²) in [5, 5.41) is 2.76. The molecule has 5 nitrogen and oxygen atoms in total. The van der Waals surface area contributed by atoms with Crippen molar-refractivity contribution in [2.24, 2.45) is 0 Å². The van der Waals surface area contributed by atoms with Gasteiger partial charge >= 0.3 is 0 Å². The summed E-state index contributed by atoms with van der Waals surface area (Å²) in [6, 6.07) is 9.02. The van der Waals surface area contributed by atoms with Crippen LogP contribution in [0, 0.1) is 6.92 Å². The van der Waals surface area contributed by atoms with Crippen LogP contribution in [0.5, 0.6) is 0 Å². The molecule has 1 N–H and O–H groups in total. The van der Waals surface area contributed by atoms with Crippen LogP contribution in [0.4, 0.5) is 11.4 Å². The highest BCUT2D eigenvalue weighted by Gasteiger charge is 2.27. The number of aryl methyl sites for hydroxylation is 1. The zero-order chi connectivity index (χ0) is 14.1. The molecule has 100 valence electrons. The van der Waals surface area contributed by atoms with Gasteiger partial charge in [0.05, 0.1) is 16.9 Å². The summed E-state index contributed by atoms with van der Waals surface area (Å²) in [7, 11) is 0. The van der Waals surface area contributed by atoms with Crippen molar-refractivity contribution in [1.82, 2.24) is 4.98 Å². The second kappa shape index (κ2) is 4.77. The molecule has 0 saturated carbocycles. The van der Waals surface area contributed by atoms with Crippen molar-refractivity contribution in [1.29, 1.82) is 0 Å². The van der Waals surface area contributed by atoms with Crippen LogP contribution in [-0.4, -0.2) is 23.3 Å². The summed E-state index contributed by atoms with van der Waals surface area (Å²) in [4.78, 5) is 29.8. The molecule has 0 bridgehead atoms. The van der Waals surface area contributed by atoms with Gasteiger partial charge in [0.1, 0.15) is 6.54 Å². The molecule has 0 spiro atoms. The lowest BCUT2D eigenvalue weighted by Crippen LogP contribution is -2.42. The molecule has 3 rings (SSSR count). The highest BCUT2D eigenvalue weighted by atomic mass is 16.2. The fraction of sp³-hybridized carbons (Fsp3) is 0.133. The minimum Gasteiger partial charge on any atom is -0.323 e. The molecule has 2 heterocycles. The molecule has 0 unspecified atom stereocenters. The molecule has 1 aliphatic rings. The Morgan fingerprint density at radius 3 is 2.90 bits per heavy atom. The summed E-state index contributed by atoms with van der Waals surface area (Å²) in [5.74, 6) is -0.416. The van der Waals surface area contributed by atoms with Gasteiger partial charge in [0, 0.05) is 12.4 Å². The average molecular weight is 267 g/mol. The van der Waals surface area contributed by atoms with Gasteiger partial charge < -0.3 is 5.32 Å². The number of amides is 2. The molecule has 1 aliphatic heterocycles. The molecule has 0 fully saturated rings. The zero-order valence-electron chi connectivity index (χ0n) is 11.0. The molecule has 0 radical (unpaired) electrons. The lowest BCUT2D eigenvalue weighted by molar-refractivity contribution is -0.115. The van der Waals surface area contributed by atoms with E-state index >= 15 is 0 Å². The van der Waals surface area contributed by atoms with E-state index in [-0.39, 0.29) is 18.4 Å². The molecule has 1 aromatic carbocycles. The van der Waals surface area contributed by atoms with Crippen molar-refractivity contribution in [3.05, 3.63) is 53.9 Å². The van der Waals surface area contributed by atoms with Crippen LogP contribution in [0.2, 0.25) is 0 Å². The highest BCUT2D eigenvalue weighted by Crippen LogP contribution is 2.29. The Kier molecular flexibility index (Phi) is 2.95. The predicted molar refractivity (Wildman–Crippen MR) is 75.7 cm³/mol. The van der Waals surface area contributed by atoms with Crippen molar-refractivity contribution in [3.63, 3.8) is 0 Å². The Morgan fingerprint density at radius 2 is 2.10 bits per heavy atom. The van der Waals surface area contributed by atoms with Crippen molar-refractivity contribution in [2.75, 3.05) is 16.8 Å². The van der Waals surface area contributed by atoms with Crippen molar-refractivity contribution in [3.8, 4) is 0 Å². The molecule has 0 saturated heterocycles. The van der Waals surface area contributed by atoms with Crippen molar-refractivity contribution in [2.45, 2.75) is 6.92 Å². The number of aromatic nitrogens is 1. The van der Waals surface area contributed by atoms with Gasteiger partial charge in [-0.25, -0.2) is 0 Å². The first-order valence-corrected chi connectivity index (χ1v) is 6.27. The molecule has 0 atom stereocenters. The van der Waals surface area contributed by atoms with E-state index in [2.05, 4.69) is 10.3 Å². The van der Waals surface area contributed by atoms with Gasteiger partial charge in [0.2, 0.25) is 5.91 Å². The van der Waals surface area contributed by atoms with Crippen molar-refractivity contribution >= 4 is 23.2 Å². The number of carbonyl (C=O) groups is 2. The first-order chi connectivity index (χ1) is 9.65. The highest BCUT2D eigenvalue weighted by molar-refractivity contribution is 6.15. The lowest BCUT2D eigenvalue weighted by atomic mass is 10.1. The topological polar surface area (TPSA) is 62.3 Å². The van der Waals surface area contributed by atoms with Crippen LogP contribution < -0.4 is 10.2 Å². The Labute approximate surface area is 116 Å². The number of nitrogens with zero attached hydrogens (tertiary/aromatic N) is 2. The summed E-state index contributed by atoms with van der Waals surface area (Å²) in [6.07, 6.45) is 3.21. The first kappa shape index (κ1) is 12.3. The monoisotopic (exact) mass is 267 g/mol. The molecule has 20 heavy (non-hydrogen) atoms. The van der Waals surface area contributed by atoms with Gasteiger partial charge in [-0.3, -0.25) is 19.5 Å². The SMILES string of the molecule is Cc1cncc(C(=O)N2CC(=O)Nc3ccccc32)c1. The molecule has 2 amide bonds. The third-order valence-electron chi connectivity index (χ3n) is 3.14. The number of carbonyl (C=O) groups excluding carboxylic acids is 2. The van der Waals surface area contributed by atoms with Gasteiger partial charge in [0.25, 0.3) is 5.91 Å². The molecular formula is C15H13N3O2. The number of pyridine rings is 1. The number of rotatable bonds is 1. The van der Waals surface area contributed by atoms with E-state index in [1.807, 2.05) is 25.1 Å². The fourth-order valence-corrected chi connectivity index (χ4v) is 2.24. The fourth-order valence-electron chi connectivity index (χ4n) is 2.24. The number of fused-ring (bicyclic) bond motifs is 1. The summed E-state index contributed by atoms with van der Waals surface area (Å²) >= 11 is 0. The Morgan fingerprint density at radius 1 is 1.30 bits per heavy atom. The van der Waals surface area contributed by atoms with Crippen LogP contribution >= 0.6 is 0 Å². The van der Waals surface area contributed by atoms with Crippen LogP contribution in [0.15, 0.2) is 42.7 Å². The lowest BCUT2D eigenvalue weighted by Gasteiger charge is -2.29. The number of anilines is 2. The Balaban J connectivity index is 2.02. The van der Waals surface area contributed by atoms with E-state index in [4.69, 9.17) is 0 Å². The van der Waals surface area contributed by atoms with Crippen LogP contribution in [0.1, 0.15) is 15.9 Å². The minimum absolute atomic E-state index is 0.0176. The minimum atomic E-state index is -0.219. The van der Waals surface area contributed by atoms with Crippen LogP contribution in [-0.2, 0) is 4.79 Å². The summed E-state index contributed by atoms with van der Waals surface area (Å²) < 4.78 is 0. The second-order valence-corrected chi connectivity index (χ2v) is 4.71. The third kappa shape index (κ3) is 2.14. The third-order valence-corrected chi connectivity index (χ3v) is 3.14. The number of nitrogens with one attached hydrogen (secondary N) is 1. The maximum Gasteiger partial charge on any atom is 0.260 e.